The summed E-state index contributed by atoms with van der Waals surface area (Å²) in [5.41, 5.74) is 0. The summed E-state index contributed by atoms with van der Waals surface area (Å²) in [7, 11) is -3.28. The smallest absolute Gasteiger partial charge is 0.183 e. The van der Waals surface area contributed by atoms with Gasteiger partial charge in [-0.3, -0.25) is 0 Å². The summed E-state index contributed by atoms with van der Waals surface area (Å²) in [6.07, 6.45) is 10.2. The topological polar surface area (TPSA) is 37.4 Å². The third-order valence-corrected chi connectivity index (χ3v) is 9.21. The average molecular weight is 378 g/mol. The Labute approximate surface area is 160 Å². The van der Waals surface area contributed by atoms with Crippen molar-refractivity contribution >= 4 is 9.84 Å². The van der Waals surface area contributed by atoms with Crippen LogP contribution in [0.3, 0.4) is 0 Å². The highest BCUT2D eigenvalue weighted by Crippen LogP contribution is 2.35. The Hall–Kier alpha value is -0.870. The van der Waals surface area contributed by atoms with Crippen molar-refractivity contribution in [3.05, 3.63) is 30.3 Å². The molecule has 3 rings (SSSR count). The van der Waals surface area contributed by atoms with Gasteiger partial charge in [0, 0.05) is 6.54 Å². The van der Waals surface area contributed by atoms with Crippen molar-refractivity contribution in [1.82, 2.24) is 4.90 Å². The summed E-state index contributed by atoms with van der Waals surface area (Å²) >= 11 is 0. The first-order valence-electron chi connectivity index (χ1n) is 10.4. The zero-order valence-electron chi connectivity index (χ0n) is 16.5. The van der Waals surface area contributed by atoms with Crippen molar-refractivity contribution in [1.29, 1.82) is 0 Å². The lowest BCUT2D eigenvalue weighted by Gasteiger charge is -2.28. The number of benzene rings is 1. The summed E-state index contributed by atoms with van der Waals surface area (Å²) in [6.45, 7) is 7.23. The van der Waals surface area contributed by atoms with E-state index >= 15 is 0 Å². The third-order valence-electron chi connectivity index (χ3n) is 6.66. The molecular weight excluding hydrogens is 342 g/mol. The second-order valence-electron chi connectivity index (χ2n) is 8.93. The fraction of sp³-hybridized carbons (Fsp3) is 0.727. The molecular formula is C22H35NO2S. The molecule has 26 heavy (non-hydrogen) atoms. The third kappa shape index (κ3) is 4.51. The predicted octanol–water partition coefficient (Wildman–Crippen LogP) is 4.92. The van der Waals surface area contributed by atoms with Gasteiger partial charge >= 0.3 is 0 Å². The molecule has 1 saturated heterocycles. The van der Waals surface area contributed by atoms with Gasteiger partial charge in [0.2, 0.25) is 0 Å². The summed E-state index contributed by atoms with van der Waals surface area (Å²) in [5.74, 6) is 1.83. The normalized spacial score (nSPS) is 23.4. The highest BCUT2D eigenvalue weighted by Gasteiger charge is 2.36. The molecule has 0 amide bonds. The quantitative estimate of drug-likeness (QED) is 0.677. The van der Waals surface area contributed by atoms with E-state index in [1.54, 1.807) is 24.3 Å². The fourth-order valence-corrected chi connectivity index (χ4v) is 6.40. The Morgan fingerprint density at radius 1 is 1.00 bits per heavy atom. The molecule has 2 fully saturated rings. The van der Waals surface area contributed by atoms with Crippen LogP contribution >= 0.6 is 0 Å². The lowest BCUT2D eigenvalue weighted by atomic mass is 9.80. The van der Waals surface area contributed by atoms with Crippen LogP contribution in [0, 0.1) is 11.8 Å². The number of hydrogen-bond acceptors (Lipinski definition) is 3. The van der Waals surface area contributed by atoms with Crippen LogP contribution < -0.4 is 0 Å². The van der Waals surface area contributed by atoms with Crippen LogP contribution in [0.2, 0.25) is 0 Å². The first-order valence-corrected chi connectivity index (χ1v) is 11.9. The summed E-state index contributed by atoms with van der Waals surface area (Å²) < 4.78 is 25.1. The van der Waals surface area contributed by atoms with Gasteiger partial charge in [0.25, 0.3) is 0 Å². The molecule has 1 unspecified atom stereocenters. The van der Waals surface area contributed by atoms with Gasteiger partial charge in [-0.1, -0.05) is 50.3 Å². The van der Waals surface area contributed by atoms with Crippen LogP contribution in [0.5, 0.6) is 0 Å². The number of rotatable bonds is 7. The van der Waals surface area contributed by atoms with Crippen LogP contribution in [-0.4, -0.2) is 37.7 Å². The fourth-order valence-electron chi connectivity index (χ4n) is 4.84. The predicted molar refractivity (Wildman–Crippen MR) is 108 cm³/mol. The van der Waals surface area contributed by atoms with E-state index in [1.807, 2.05) is 19.9 Å². The van der Waals surface area contributed by atoms with Crippen LogP contribution in [-0.2, 0) is 9.84 Å². The Bertz CT molecular complexity index is 663. The van der Waals surface area contributed by atoms with Crippen molar-refractivity contribution < 1.29 is 8.42 Å². The Morgan fingerprint density at radius 2 is 1.69 bits per heavy atom. The average Bonchev–Trinajstić information content (AvgIpc) is 3.12. The van der Waals surface area contributed by atoms with Gasteiger partial charge in [0.05, 0.1) is 9.64 Å². The molecule has 1 aliphatic heterocycles. The standard InChI is InChI=1S/C22H35NO2S/c1-22(2,26(24,25)21-12-7-4-8-13-21)15-9-16-23-17-14-20(18-23)19-10-5-3-6-11-19/h4,7-8,12-13,19-20H,3,5-6,9-11,14-18H2,1-2H3. The Kier molecular flexibility index (Phi) is 6.45. The van der Waals surface area contributed by atoms with Gasteiger partial charge < -0.3 is 4.90 Å². The molecule has 2 aliphatic rings. The molecule has 1 aliphatic carbocycles. The van der Waals surface area contributed by atoms with Crippen LogP contribution in [0.25, 0.3) is 0 Å². The molecule has 1 saturated carbocycles. The Balaban J connectivity index is 1.48. The molecule has 3 nitrogen and oxygen atoms in total. The zero-order valence-corrected chi connectivity index (χ0v) is 17.3. The van der Waals surface area contributed by atoms with Crippen molar-refractivity contribution in [3.8, 4) is 0 Å². The molecule has 146 valence electrons. The molecule has 1 heterocycles. The second kappa shape index (κ2) is 8.43. The largest absolute Gasteiger partial charge is 0.303 e. The summed E-state index contributed by atoms with van der Waals surface area (Å²) in [4.78, 5) is 3.02. The number of sulfone groups is 1. The van der Waals surface area contributed by atoms with E-state index in [1.165, 1.54) is 51.6 Å². The van der Waals surface area contributed by atoms with Gasteiger partial charge in [-0.25, -0.2) is 8.42 Å². The molecule has 0 bridgehead atoms. The first kappa shape index (κ1) is 19.9. The van der Waals surface area contributed by atoms with E-state index in [0.717, 1.165) is 31.2 Å². The highest BCUT2D eigenvalue weighted by atomic mass is 32.2. The van der Waals surface area contributed by atoms with Crippen LogP contribution in [0.4, 0.5) is 0 Å². The van der Waals surface area contributed by atoms with E-state index in [9.17, 15) is 8.42 Å². The van der Waals surface area contributed by atoms with Gasteiger partial charge in [-0.15, -0.1) is 0 Å². The minimum Gasteiger partial charge on any atom is -0.303 e. The summed E-state index contributed by atoms with van der Waals surface area (Å²) in [5, 5.41) is 0. The molecule has 0 N–H and O–H groups in total. The molecule has 4 heteroatoms. The molecule has 0 spiro atoms. The highest BCUT2D eigenvalue weighted by molar-refractivity contribution is 7.92. The molecule has 1 aromatic rings. The number of likely N-dealkylation sites (tertiary alicyclic amines) is 1. The minimum absolute atomic E-state index is 0.448. The van der Waals surface area contributed by atoms with Crippen molar-refractivity contribution in [3.63, 3.8) is 0 Å². The van der Waals surface area contributed by atoms with Gasteiger partial charge in [0.15, 0.2) is 9.84 Å². The van der Waals surface area contributed by atoms with Crippen LogP contribution in [0.15, 0.2) is 35.2 Å². The van der Waals surface area contributed by atoms with Crippen molar-refractivity contribution in [2.75, 3.05) is 19.6 Å². The second-order valence-corrected chi connectivity index (χ2v) is 11.5. The van der Waals surface area contributed by atoms with E-state index in [-0.39, 0.29) is 0 Å². The molecule has 0 radical (unpaired) electrons. The maximum Gasteiger partial charge on any atom is 0.183 e. The van der Waals surface area contributed by atoms with E-state index in [0.29, 0.717) is 4.90 Å². The maximum absolute atomic E-state index is 12.9. The van der Waals surface area contributed by atoms with E-state index in [4.69, 9.17) is 0 Å². The minimum atomic E-state index is -3.28. The van der Waals surface area contributed by atoms with Crippen LogP contribution in [0.1, 0.15) is 65.2 Å². The number of hydrogen-bond donors (Lipinski definition) is 0. The maximum atomic E-state index is 12.9. The number of nitrogens with zero attached hydrogens (tertiary/aromatic N) is 1. The monoisotopic (exact) mass is 377 g/mol. The van der Waals surface area contributed by atoms with Gasteiger partial charge in [-0.2, -0.15) is 0 Å². The zero-order chi connectivity index (χ0) is 18.6. The summed E-state index contributed by atoms with van der Waals surface area (Å²) in [6, 6.07) is 8.90. The molecule has 1 atom stereocenters. The first-order chi connectivity index (χ1) is 12.4. The van der Waals surface area contributed by atoms with Crippen molar-refractivity contribution in [2.45, 2.75) is 74.9 Å². The molecule has 1 aromatic carbocycles. The molecule has 0 aromatic heterocycles. The van der Waals surface area contributed by atoms with E-state index < -0.39 is 14.6 Å². The lowest BCUT2D eigenvalue weighted by Crippen LogP contribution is -2.33. The van der Waals surface area contributed by atoms with Gasteiger partial charge in [0.1, 0.15) is 0 Å². The lowest BCUT2D eigenvalue weighted by molar-refractivity contribution is 0.235. The van der Waals surface area contributed by atoms with Gasteiger partial charge in [-0.05, 0) is 70.2 Å². The Morgan fingerprint density at radius 3 is 2.38 bits per heavy atom. The van der Waals surface area contributed by atoms with E-state index in [2.05, 4.69) is 4.90 Å². The SMILES string of the molecule is CC(C)(CCCN1CCC(C2CCCCC2)C1)S(=O)(=O)c1ccccc1. The van der Waals surface area contributed by atoms with Crippen molar-refractivity contribution in [2.24, 2.45) is 11.8 Å².